The summed E-state index contributed by atoms with van der Waals surface area (Å²) in [6.07, 6.45) is 6.06. The van der Waals surface area contributed by atoms with Gasteiger partial charge >= 0.3 is 0 Å². The molecule has 1 N–H and O–H groups in total. The molecule has 0 saturated heterocycles. The van der Waals surface area contributed by atoms with Crippen LogP contribution >= 0.6 is 11.3 Å². The average Bonchev–Trinajstić information content (AvgIpc) is 3.57. The highest BCUT2D eigenvalue weighted by Gasteiger charge is 2.30. The number of likely N-dealkylation sites (N-methyl/N-ethyl adjacent to an activating group) is 1. The maximum absolute atomic E-state index is 13.6. The number of Topliss-reactive ketones (excluding diaryl/α,β-unsaturated/α-hetero) is 2. The highest BCUT2D eigenvalue weighted by molar-refractivity contribution is 7.18. The molecule has 1 aromatic carbocycles. The number of ketones is 2. The fourth-order valence-corrected chi connectivity index (χ4v) is 6.70. The van der Waals surface area contributed by atoms with Gasteiger partial charge in [0.15, 0.2) is 5.78 Å². The first-order valence-electron chi connectivity index (χ1n) is 14.7. The zero-order chi connectivity index (χ0) is 28.5. The Labute approximate surface area is 238 Å². The number of nitrogens with zero attached hydrogens (tertiary/aromatic N) is 2. The Balaban J connectivity index is 1.70. The Morgan fingerprint density at radius 2 is 1.85 bits per heavy atom. The topological polar surface area (TPSA) is 79.4 Å². The molecule has 39 heavy (non-hydrogen) atoms. The molecule has 214 valence electrons. The highest BCUT2D eigenvalue weighted by atomic mass is 32.1. The van der Waals surface area contributed by atoms with E-state index in [9.17, 15) is 14.4 Å². The maximum Gasteiger partial charge on any atom is 0.224 e. The first kappa shape index (κ1) is 31.2. The number of rotatable bonds is 16. The fourth-order valence-electron chi connectivity index (χ4n) is 5.61. The van der Waals surface area contributed by atoms with Crippen molar-refractivity contribution in [3.8, 4) is 0 Å². The van der Waals surface area contributed by atoms with Gasteiger partial charge in [-0.1, -0.05) is 53.2 Å². The molecule has 0 unspecified atom stereocenters. The van der Waals surface area contributed by atoms with Crippen LogP contribution in [0.4, 0.5) is 0 Å². The van der Waals surface area contributed by atoms with Crippen molar-refractivity contribution < 1.29 is 14.4 Å². The lowest BCUT2D eigenvalue weighted by Crippen LogP contribution is -2.44. The first-order chi connectivity index (χ1) is 18.6. The van der Waals surface area contributed by atoms with E-state index in [0.29, 0.717) is 43.2 Å². The van der Waals surface area contributed by atoms with Crippen LogP contribution < -0.4 is 5.32 Å². The summed E-state index contributed by atoms with van der Waals surface area (Å²) < 4.78 is 1.12. The molecule has 2 atom stereocenters. The minimum atomic E-state index is -0.468. The van der Waals surface area contributed by atoms with Gasteiger partial charge in [-0.25, -0.2) is 4.98 Å². The Morgan fingerprint density at radius 3 is 2.46 bits per heavy atom. The number of fused-ring (bicyclic) bond motifs is 1. The molecule has 1 aliphatic rings. The summed E-state index contributed by atoms with van der Waals surface area (Å²) in [6.45, 7) is 16.5. The van der Waals surface area contributed by atoms with Crippen LogP contribution in [-0.4, -0.2) is 53.0 Å². The second-order valence-corrected chi connectivity index (χ2v) is 12.6. The molecule has 1 amide bonds. The number of carbonyl (C=O) groups is 3. The molecule has 6 nitrogen and oxygen atoms in total. The number of hydrogen-bond donors (Lipinski definition) is 1. The molecule has 0 aliphatic heterocycles. The lowest BCUT2D eigenvalue weighted by molar-refractivity contribution is -0.129. The monoisotopic (exact) mass is 553 g/mol. The van der Waals surface area contributed by atoms with E-state index in [-0.39, 0.29) is 29.9 Å². The van der Waals surface area contributed by atoms with Crippen molar-refractivity contribution in [3.63, 3.8) is 0 Å². The van der Waals surface area contributed by atoms with Gasteiger partial charge in [-0.05, 0) is 68.8 Å². The lowest BCUT2D eigenvalue weighted by Gasteiger charge is -2.27. The summed E-state index contributed by atoms with van der Waals surface area (Å²) in [5, 5.41) is 4.18. The van der Waals surface area contributed by atoms with Crippen LogP contribution in [0.15, 0.2) is 30.4 Å². The van der Waals surface area contributed by atoms with Crippen molar-refractivity contribution in [2.24, 2.45) is 11.8 Å². The molecule has 7 heteroatoms. The Hall–Kier alpha value is -2.38. The average molecular weight is 554 g/mol. The number of benzene rings is 1. The van der Waals surface area contributed by atoms with Gasteiger partial charge in [0.1, 0.15) is 5.78 Å². The van der Waals surface area contributed by atoms with Crippen molar-refractivity contribution in [2.45, 2.75) is 97.9 Å². The van der Waals surface area contributed by atoms with Gasteiger partial charge in [0.25, 0.3) is 0 Å². The Bertz CT molecular complexity index is 1140. The smallest absolute Gasteiger partial charge is 0.224 e. The zero-order valence-corrected chi connectivity index (χ0v) is 25.4. The van der Waals surface area contributed by atoms with Crippen LogP contribution in [0.1, 0.15) is 96.1 Å². The summed E-state index contributed by atoms with van der Waals surface area (Å²) >= 11 is 1.61. The van der Waals surface area contributed by atoms with Crippen molar-refractivity contribution >= 4 is 39.0 Å². The van der Waals surface area contributed by atoms with Crippen LogP contribution in [0.25, 0.3) is 10.2 Å². The molecule has 2 aromatic rings. The van der Waals surface area contributed by atoms with E-state index in [1.54, 1.807) is 18.3 Å². The van der Waals surface area contributed by atoms with Crippen LogP contribution in [0.2, 0.25) is 0 Å². The van der Waals surface area contributed by atoms with E-state index in [0.717, 1.165) is 54.0 Å². The van der Waals surface area contributed by atoms with Crippen molar-refractivity contribution in [2.75, 3.05) is 19.6 Å². The molecule has 1 fully saturated rings. The quantitative estimate of drug-likeness (QED) is 0.241. The minimum absolute atomic E-state index is 0.00125. The summed E-state index contributed by atoms with van der Waals surface area (Å²) in [7, 11) is 0. The van der Waals surface area contributed by atoms with Gasteiger partial charge in [0.05, 0.1) is 21.1 Å². The molecular weight excluding hydrogens is 506 g/mol. The normalized spacial score (nSPS) is 15.7. The largest absolute Gasteiger partial charge is 0.353 e. The minimum Gasteiger partial charge on any atom is -0.353 e. The summed E-state index contributed by atoms with van der Waals surface area (Å²) in [6, 6.07) is 6.28. The van der Waals surface area contributed by atoms with Crippen LogP contribution in [0.5, 0.6) is 0 Å². The third-order valence-electron chi connectivity index (χ3n) is 8.13. The molecule has 0 spiro atoms. The van der Waals surface area contributed by atoms with Crippen LogP contribution in [-0.2, 0) is 20.8 Å². The van der Waals surface area contributed by atoms with Crippen LogP contribution in [0.3, 0.4) is 0 Å². The van der Waals surface area contributed by atoms with Crippen molar-refractivity contribution in [1.29, 1.82) is 0 Å². The lowest BCUT2D eigenvalue weighted by atomic mass is 9.90. The van der Waals surface area contributed by atoms with E-state index in [1.807, 2.05) is 6.07 Å². The summed E-state index contributed by atoms with van der Waals surface area (Å²) in [5.41, 5.74) is 2.85. The van der Waals surface area contributed by atoms with Gasteiger partial charge in [0, 0.05) is 37.4 Å². The number of nitrogens with one attached hydrogen (secondary N) is 1. The molecule has 1 aliphatic carbocycles. The standard InChI is InChI=1S/C32H47N3O3S/c1-7-35(8-2)20-22(5)29(37)16-15-27(24-11-9-10-12-24)34-32(38)26(17-23(6)36)19-31-33-28-14-13-25(21(3)4)18-30(28)39-31/h13-14,18,21,24,26-27H,5,7-12,15-17,19-20H2,1-4,6H3,(H,34,38)/t26-,27+/m0/s1. The molecule has 1 aromatic heterocycles. The van der Waals surface area contributed by atoms with E-state index >= 15 is 0 Å². The SMILES string of the molecule is C=C(CN(CC)CC)C(=O)CC[C@@H](NC(=O)[C@@H](CC(C)=O)Cc1nc2ccc(C(C)C)cc2s1)C1CCCC1. The molecular formula is C32H47N3O3S. The molecule has 1 saturated carbocycles. The Kier molecular flexibility index (Phi) is 11.9. The van der Waals surface area contributed by atoms with E-state index in [4.69, 9.17) is 4.98 Å². The van der Waals surface area contributed by atoms with E-state index in [2.05, 4.69) is 56.6 Å². The van der Waals surface area contributed by atoms with E-state index in [1.165, 1.54) is 5.56 Å². The Morgan fingerprint density at radius 1 is 1.15 bits per heavy atom. The number of amides is 1. The number of hydrogen-bond acceptors (Lipinski definition) is 6. The molecule has 1 heterocycles. The summed E-state index contributed by atoms with van der Waals surface area (Å²) in [5.74, 6) is 0.314. The maximum atomic E-state index is 13.6. The fraction of sp³-hybridized carbons (Fsp3) is 0.625. The molecule has 0 radical (unpaired) electrons. The molecule has 0 bridgehead atoms. The van der Waals surface area contributed by atoms with Gasteiger partial charge in [-0.15, -0.1) is 11.3 Å². The number of thiazole rings is 1. The van der Waals surface area contributed by atoms with Gasteiger partial charge in [0.2, 0.25) is 5.91 Å². The molecule has 3 rings (SSSR count). The van der Waals surface area contributed by atoms with Gasteiger partial charge in [-0.3, -0.25) is 14.5 Å². The third-order valence-corrected chi connectivity index (χ3v) is 9.17. The third kappa shape index (κ3) is 9.07. The number of carbonyl (C=O) groups excluding carboxylic acids is 3. The first-order valence-corrected chi connectivity index (χ1v) is 15.5. The predicted octanol–water partition coefficient (Wildman–Crippen LogP) is 6.48. The predicted molar refractivity (Wildman–Crippen MR) is 161 cm³/mol. The number of aromatic nitrogens is 1. The highest BCUT2D eigenvalue weighted by Crippen LogP contribution is 2.31. The second kappa shape index (κ2) is 14.8. The van der Waals surface area contributed by atoms with Gasteiger partial charge in [-0.2, -0.15) is 0 Å². The van der Waals surface area contributed by atoms with E-state index < -0.39 is 5.92 Å². The van der Waals surface area contributed by atoms with Crippen molar-refractivity contribution in [1.82, 2.24) is 15.2 Å². The van der Waals surface area contributed by atoms with Crippen molar-refractivity contribution in [3.05, 3.63) is 40.9 Å². The second-order valence-electron chi connectivity index (χ2n) is 11.5. The summed E-state index contributed by atoms with van der Waals surface area (Å²) in [4.78, 5) is 45.6. The van der Waals surface area contributed by atoms with Crippen LogP contribution in [0, 0.1) is 11.8 Å². The van der Waals surface area contributed by atoms with Gasteiger partial charge < -0.3 is 10.1 Å². The zero-order valence-electron chi connectivity index (χ0n) is 24.6.